The van der Waals surface area contributed by atoms with E-state index in [0.29, 0.717) is 0 Å². The molecule has 4 nitrogen and oxygen atoms in total. The SMILES string of the molecule is c1ccc(C2OCCN2CC2COC3(CCCCC3)O2)cc1. The van der Waals surface area contributed by atoms with Gasteiger partial charge in [-0.05, 0) is 18.4 Å². The summed E-state index contributed by atoms with van der Waals surface area (Å²) in [5, 5.41) is 0. The summed E-state index contributed by atoms with van der Waals surface area (Å²) < 4.78 is 18.3. The van der Waals surface area contributed by atoms with Crippen molar-refractivity contribution in [2.24, 2.45) is 0 Å². The van der Waals surface area contributed by atoms with E-state index in [9.17, 15) is 0 Å². The van der Waals surface area contributed by atoms with Gasteiger partial charge in [0.05, 0.1) is 19.3 Å². The van der Waals surface area contributed by atoms with Gasteiger partial charge in [0.2, 0.25) is 0 Å². The fourth-order valence-electron chi connectivity index (χ4n) is 3.94. The lowest BCUT2D eigenvalue weighted by atomic mass is 9.94. The third kappa shape index (κ3) is 2.93. The van der Waals surface area contributed by atoms with Gasteiger partial charge in [-0.1, -0.05) is 36.8 Å². The molecule has 0 amide bonds. The lowest BCUT2D eigenvalue weighted by Gasteiger charge is -2.32. The third-order valence-electron chi connectivity index (χ3n) is 5.04. The van der Waals surface area contributed by atoms with Gasteiger partial charge < -0.3 is 14.2 Å². The molecule has 1 spiro atoms. The maximum absolute atomic E-state index is 6.32. The second-order valence-corrected chi connectivity index (χ2v) is 6.65. The summed E-state index contributed by atoms with van der Waals surface area (Å²) in [6.45, 7) is 3.37. The quantitative estimate of drug-likeness (QED) is 0.858. The average molecular weight is 303 g/mol. The van der Waals surface area contributed by atoms with E-state index < -0.39 is 0 Å². The topological polar surface area (TPSA) is 30.9 Å². The standard InChI is InChI=1S/C18H25NO3/c1-3-7-15(8-4-1)17-19(11-12-20-17)13-16-14-21-18(22-16)9-5-2-6-10-18/h1,3-4,7-8,16-17H,2,5-6,9-14H2. The number of hydrogen-bond donors (Lipinski definition) is 0. The molecule has 1 saturated carbocycles. The van der Waals surface area contributed by atoms with E-state index in [2.05, 4.69) is 29.2 Å². The fraction of sp³-hybridized carbons (Fsp3) is 0.667. The molecule has 0 aromatic heterocycles. The van der Waals surface area contributed by atoms with Gasteiger partial charge in [0, 0.05) is 25.9 Å². The minimum Gasteiger partial charge on any atom is -0.358 e. The molecule has 2 saturated heterocycles. The molecular formula is C18H25NO3. The summed E-state index contributed by atoms with van der Waals surface area (Å²) >= 11 is 0. The van der Waals surface area contributed by atoms with Crippen LogP contribution in [0.2, 0.25) is 0 Å². The summed E-state index contributed by atoms with van der Waals surface area (Å²) in [5.74, 6) is -0.272. The number of ether oxygens (including phenoxy) is 3. The van der Waals surface area contributed by atoms with E-state index in [1.165, 1.54) is 24.8 Å². The van der Waals surface area contributed by atoms with Crippen LogP contribution >= 0.6 is 0 Å². The Labute approximate surface area is 132 Å². The summed E-state index contributed by atoms with van der Waals surface area (Å²) in [4.78, 5) is 2.38. The molecule has 22 heavy (non-hydrogen) atoms. The minimum atomic E-state index is -0.272. The summed E-state index contributed by atoms with van der Waals surface area (Å²) in [5.41, 5.74) is 1.23. The molecular weight excluding hydrogens is 278 g/mol. The third-order valence-corrected chi connectivity index (χ3v) is 5.04. The van der Waals surface area contributed by atoms with Crippen LogP contribution in [-0.2, 0) is 14.2 Å². The largest absolute Gasteiger partial charge is 0.358 e. The zero-order valence-electron chi connectivity index (χ0n) is 13.1. The Morgan fingerprint density at radius 2 is 1.91 bits per heavy atom. The fourth-order valence-corrected chi connectivity index (χ4v) is 3.94. The first-order chi connectivity index (χ1) is 10.8. The van der Waals surface area contributed by atoms with Gasteiger partial charge in [0.15, 0.2) is 5.79 Å². The number of rotatable bonds is 3. The van der Waals surface area contributed by atoms with Crippen molar-refractivity contribution in [3.8, 4) is 0 Å². The highest BCUT2D eigenvalue weighted by Crippen LogP contribution is 2.38. The molecule has 1 aromatic carbocycles. The van der Waals surface area contributed by atoms with Gasteiger partial charge in [-0.15, -0.1) is 0 Å². The van der Waals surface area contributed by atoms with Crippen LogP contribution in [0.1, 0.15) is 43.9 Å². The van der Waals surface area contributed by atoms with E-state index in [0.717, 1.165) is 39.1 Å². The van der Waals surface area contributed by atoms with Crippen molar-refractivity contribution in [2.45, 2.75) is 50.2 Å². The molecule has 0 N–H and O–H groups in total. The van der Waals surface area contributed by atoms with E-state index in [-0.39, 0.29) is 18.1 Å². The molecule has 0 radical (unpaired) electrons. The minimum absolute atomic E-state index is 0.0627. The Bertz CT molecular complexity index is 486. The van der Waals surface area contributed by atoms with Crippen molar-refractivity contribution in [1.82, 2.24) is 4.90 Å². The maximum atomic E-state index is 6.32. The smallest absolute Gasteiger partial charge is 0.168 e. The lowest BCUT2D eigenvalue weighted by Crippen LogP contribution is -2.37. The molecule has 3 fully saturated rings. The summed E-state index contributed by atoms with van der Waals surface area (Å²) in [6.07, 6.45) is 6.12. The molecule has 2 heterocycles. The molecule has 2 atom stereocenters. The van der Waals surface area contributed by atoms with Crippen LogP contribution < -0.4 is 0 Å². The van der Waals surface area contributed by atoms with Crippen molar-refractivity contribution in [2.75, 3.05) is 26.3 Å². The van der Waals surface area contributed by atoms with Crippen molar-refractivity contribution < 1.29 is 14.2 Å². The molecule has 2 unspecified atom stereocenters. The Kier molecular flexibility index (Phi) is 4.18. The van der Waals surface area contributed by atoms with Crippen molar-refractivity contribution >= 4 is 0 Å². The highest BCUT2D eigenvalue weighted by Gasteiger charge is 2.43. The number of nitrogens with zero attached hydrogens (tertiary/aromatic N) is 1. The number of benzene rings is 1. The second kappa shape index (κ2) is 6.28. The van der Waals surface area contributed by atoms with E-state index in [1.807, 2.05) is 6.07 Å². The van der Waals surface area contributed by atoms with E-state index in [1.54, 1.807) is 0 Å². The van der Waals surface area contributed by atoms with Crippen molar-refractivity contribution in [3.05, 3.63) is 35.9 Å². The molecule has 2 aliphatic heterocycles. The normalized spacial score (nSPS) is 31.8. The Balaban J connectivity index is 1.39. The maximum Gasteiger partial charge on any atom is 0.168 e. The molecule has 1 aromatic rings. The van der Waals surface area contributed by atoms with Gasteiger partial charge in [-0.2, -0.15) is 0 Å². The molecule has 4 rings (SSSR count). The summed E-state index contributed by atoms with van der Waals surface area (Å²) in [7, 11) is 0. The highest BCUT2D eigenvalue weighted by molar-refractivity contribution is 5.18. The van der Waals surface area contributed by atoms with Crippen LogP contribution in [0.3, 0.4) is 0 Å². The van der Waals surface area contributed by atoms with Crippen LogP contribution in [0.5, 0.6) is 0 Å². The predicted molar refractivity (Wildman–Crippen MR) is 83.3 cm³/mol. The van der Waals surface area contributed by atoms with Crippen LogP contribution in [0, 0.1) is 0 Å². The second-order valence-electron chi connectivity index (χ2n) is 6.65. The summed E-state index contributed by atoms with van der Waals surface area (Å²) in [6, 6.07) is 10.5. The Hall–Kier alpha value is -0.940. The monoisotopic (exact) mass is 303 g/mol. The first kappa shape index (κ1) is 14.6. The van der Waals surface area contributed by atoms with Gasteiger partial charge in [0.1, 0.15) is 6.23 Å². The molecule has 120 valence electrons. The van der Waals surface area contributed by atoms with E-state index >= 15 is 0 Å². The first-order valence-corrected chi connectivity index (χ1v) is 8.57. The lowest BCUT2D eigenvalue weighted by molar-refractivity contribution is -0.189. The first-order valence-electron chi connectivity index (χ1n) is 8.57. The molecule has 0 bridgehead atoms. The van der Waals surface area contributed by atoms with Crippen molar-refractivity contribution in [3.63, 3.8) is 0 Å². The zero-order chi connectivity index (χ0) is 14.8. The van der Waals surface area contributed by atoms with Crippen LogP contribution in [-0.4, -0.2) is 43.1 Å². The molecule has 1 aliphatic carbocycles. The Morgan fingerprint density at radius 3 is 2.73 bits per heavy atom. The van der Waals surface area contributed by atoms with Crippen molar-refractivity contribution in [1.29, 1.82) is 0 Å². The zero-order valence-corrected chi connectivity index (χ0v) is 13.1. The van der Waals surface area contributed by atoms with E-state index in [4.69, 9.17) is 14.2 Å². The predicted octanol–water partition coefficient (Wildman–Crippen LogP) is 3.09. The van der Waals surface area contributed by atoms with Crippen LogP contribution in [0.25, 0.3) is 0 Å². The average Bonchev–Trinajstić information content (AvgIpc) is 3.17. The highest BCUT2D eigenvalue weighted by atomic mass is 16.7. The number of hydrogen-bond acceptors (Lipinski definition) is 4. The van der Waals surface area contributed by atoms with Crippen LogP contribution in [0.4, 0.5) is 0 Å². The molecule has 4 heteroatoms. The van der Waals surface area contributed by atoms with Crippen LogP contribution in [0.15, 0.2) is 30.3 Å². The Morgan fingerprint density at radius 1 is 1.09 bits per heavy atom. The van der Waals surface area contributed by atoms with Gasteiger partial charge in [-0.3, -0.25) is 4.90 Å². The molecule has 3 aliphatic rings. The van der Waals surface area contributed by atoms with Gasteiger partial charge in [0.25, 0.3) is 0 Å². The van der Waals surface area contributed by atoms with Gasteiger partial charge in [-0.25, -0.2) is 0 Å². The van der Waals surface area contributed by atoms with Gasteiger partial charge >= 0.3 is 0 Å².